The Hall–Kier alpha value is -6.71. The Morgan fingerprint density at radius 2 is 1.84 bits per heavy atom. The van der Waals surface area contributed by atoms with E-state index < -0.39 is 18.2 Å². The summed E-state index contributed by atoms with van der Waals surface area (Å²) in [6.45, 7) is 9.93. The van der Waals surface area contributed by atoms with Gasteiger partial charge >= 0.3 is 12.2 Å². The molecule has 1 fully saturated rings. The van der Waals surface area contributed by atoms with Gasteiger partial charge in [0.2, 0.25) is 11.3 Å². The summed E-state index contributed by atoms with van der Waals surface area (Å²) in [6, 6.07) is 13.4. The zero-order chi connectivity index (χ0) is 40.8. The fraction of sp³-hybridized carbons (Fsp3) is 0.341. The number of aliphatic imine (C=N–C) groups is 1. The number of fused-ring (bicyclic) bond motifs is 4. The lowest BCUT2D eigenvalue weighted by atomic mass is 10.00. The second kappa shape index (κ2) is 17.4. The molecule has 0 bridgehead atoms. The SMILES string of the molecule is C=N/C=C(\NN(CCC)C(=O)C(NC(=O)OC)C(C)C)c1ccc2c(ccc3oc4cc(-c5cnc([C@@H]6CCCN6C(=O)CNC(=O)OC)[nH]5)ccc4c(=O)c32)c1. The number of H-pyrrole nitrogens is 1. The van der Waals surface area contributed by atoms with Crippen LogP contribution in [0.2, 0.25) is 0 Å². The highest BCUT2D eigenvalue weighted by molar-refractivity contribution is 6.09. The second-order valence-electron chi connectivity index (χ2n) is 14.0. The van der Waals surface area contributed by atoms with E-state index in [9.17, 15) is 24.0 Å². The number of hydrogen-bond acceptors (Lipinski definition) is 11. The second-order valence-corrected chi connectivity index (χ2v) is 14.0. The minimum absolute atomic E-state index is 0.176. The maximum absolute atomic E-state index is 14.1. The lowest BCUT2D eigenvalue weighted by molar-refractivity contribution is -0.136. The number of carbonyl (C=O) groups is 4. The van der Waals surface area contributed by atoms with Crippen molar-refractivity contribution in [2.24, 2.45) is 10.9 Å². The van der Waals surface area contributed by atoms with Gasteiger partial charge in [0.1, 0.15) is 29.6 Å². The van der Waals surface area contributed by atoms with Gasteiger partial charge in [-0.1, -0.05) is 45.0 Å². The van der Waals surface area contributed by atoms with Crippen LogP contribution in [-0.2, 0) is 19.1 Å². The first-order chi connectivity index (χ1) is 27.5. The molecule has 4 N–H and O–H groups in total. The molecule has 0 saturated carbocycles. The molecule has 16 nitrogen and oxygen atoms in total. The lowest BCUT2D eigenvalue weighted by Gasteiger charge is -2.31. The van der Waals surface area contributed by atoms with Gasteiger partial charge in [-0.05, 0) is 66.9 Å². The standard InChI is InChI=1S/C41H46N8O8/c1-7-16-49(39(52)36(23(2)3)46-41(54)56-6)47-30(20-42-4)25-10-13-27-24(18-25)12-15-32-35(27)37(51)28-14-11-26(19-33(28)57-32)29-21-43-38(45-29)31-9-8-17-48(31)34(50)22-44-40(53)55-5/h10-15,18-21,23,31,36,47H,4,7-9,16-17,22H2,1-3,5-6H3,(H,43,45)(H,44,53)(H,46,54)/b30-20-/t31-,36?/m0/s1. The van der Waals surface area contributed by atoms with Crippen molar-refractivity contribution in [3.8, 4) is 11.3 Å². The average molecular weight is 779 g/mol. The summed E-state index contributed by atoms with van der Waals surface area (Å²) in [5.41, 5.74) is 6.41. The minimum atomic E-state index is -0.844. The Morgan fingerprint density at radius 1 is 1.07 bits per heavy atom. The molecular weight excluding hydrogens is 732 g/mol. The van der Waals surface area contributed by atoms with Crippen LogP contribution in [0.3, 0.4) is 0 Å². The molecule has 6 rings (SSSR count). The number of benzene rings is 3. The van der Waals surface area contributed by atoms with Crippen molar-refractivity contribution in [1.82, 2.24) is 35.9 Å². The highest BCUT2D eigenvalue weighted by atomic mass is 16.5. The lowest BCUT2D eigenvalue weighted by Crippen LogP contribution is -2.55. The van der Waals surface area contributed by atoms with Gasteiger partial charge in [-0.25, -0.2) is 14.6 Å². The van der Waals surface area contributed by atoms with Crippen molar-refractivity contribution in [2.75, 3.05) is 33.9 Å². The predicted octanol–water partition coefficient (Wildman–Crippen LogP) is 5.63. The molecule has 4 amide bonds. The van der Waals surface area contributed by atoms with Crippen LogP contribution in [0.4, 0.5) is 9.59 Å². The monoisotopic (exact) mass is 778 g/mol. The number of hydrogen-bond donors (Lipinski definition) is 4. The van der Waals surface area contributed by atoms with Gasteiger partial charge in [0, 0.05) is 24.2 Å². The first-order valence-electron chi connectivity index (χ1n) is 18.7. The van der Waals surface area contributed by atoms with E-state index in [-0.39, 0.29) is 35.7 Å². The zero-order valence-corrected chi connectivity index (χ0v) is 32.5. The van der Waals surface area contributed by atoms with Crippen molar-refractivity contribution in [2.45, 2.75) is 52.1 Å². The number of methoxy groups -OCH3 is 2. The van der Waals surface area contributed by atoms with Crippen molar-refractivity contribution in [1.29, 1.82) is 0 Å². The molecule has 2 atom stereocenters. The molecule has 0 radical (unpaired) electrons. The van der Waals surface area contributed by atoms with E-state index in [1.165, 1.54) is 25.4 Å². The summed E-state index contributed by atoms with van der Waals surface area (Å²) in [6.07, 6.45) is 3.96. The quantitative estimate of drug-likeness (QED) is 0.0503. The number of likely N-dealkylation sites (tertiary alicyclic amines) is 1. The van der Waals surface area contributed by atoms with Crippen molar-refractivity contribution in [3.63, 3.8) is 0 Å². The molecule has 298 valence electrons. The molecule has 1 unspecified atom stereocenters. The van der Waals surface area contributed by atoms with E-state index in [0.29, 0.717) is 69.6 Å². The van der Waals surface area contributed by atoms with Crippen LogP contribution in [0.5, 0.6) is 0 Å². The Balaban J connectivity index is 1.27. The largest absolute Gasteiger partial charge is 0.456 e. The van der Waals surface area contributed by atoms with E-state index >= 15 is 0 Å². The number of nitrogens with zero attached hydrogens (tertiary/aromatic N) is 4. The summed E-state index contributed by atoms with van der Waals surface area (Å²) in [7, 11) is 2.48. The van der Waals surface area contributed by atoms with Crippen LogP contribution < -0.4 is 21.5 Å². The van der Waals surface area contributed by atoms with E-state index in [2.05, 4.69) is 42.5 Å². The molecule has 3 aromatic carbocycles. The fourth-order valence-corrected chi connectivity index (χ4v) is 7.05. The number of hydrazine groups is 1. The normalized spacial score (nSPS) is 14.8. The van der Waals surface area contributed by atoms with Gasteiger partial charge in [-0.2, -0.15) is 0 Å². The topological polar surface area (TPSA) is 201 Å². The summed E-state index contributed by atoms with van der Waals surface area (Å²) in [4.78, 5) is 77.7. The zero-order valence-electron chi connectivity index (χ0n) is 32.5. The van der Waals surface area contributed by atoms with Gasteiger partial charge in [0.15, 0.2) is 0 Å². The molecule has 1 aliphatic rings. The molecule has 0 aliphatic carbocycles. The summed E-state index contributed by atoms with van der Waals surface area (Å²) < 4.78 is 15.7. The van der Waals surface area contributed by atoms with Crippen LogP contribution >= 0.6 is 0 Å². The molecule has 1 aliphatic heterocycles. The summed E-state index contributed by atoms with van der Waals surface area (Å²) in [5.74, 6) is -0.181. The van der Waals surface area contributed by atoms with E-state index in [1.54, 1.807) is 29.3 Å². The number of alkyl carbamates (subject to hydrolysis) is 2. The van der Waals surface area contributed by atoms with Crippen molar-refractivity contribution < 1.29 is 33.1 Å². The first kappa shape index (κ1) is 40.0. The van der Waals surface area contributed by atoms with Gasteiger partial charge in [0.05, 0.1) is 54.8 Å². The molecule has 1 saturated heterocycles. The molecule has 57 heavy (non-hydrogen) atoms. The van der Waals surface area contributed by atoms with Crippen molar-refractivity contribution in [3.05, 3.63) is 82.5 Å². The third-order valence-corrected chi connectivity index (χ3v) is 9.91. The molecule has 3 heterocycles. The molecular formula is C41H46N8O8. The third-order valence-electron chi connectivity index (χ3n) is 9.91. The van der Waals surface area contributed by atoms with Crippen LogP contribution in [0.15, 0.2) is 75.1 Å². The number of nitrogens with one attached hydrogen (secondary N) is 4. The van der Waals surface area contributed by atoms with E-state index in [0.717, 1.165) is 23.8 Å². The number of carbonyl (C=O) groups excluding carboxylic acids is 4. The molecule has 2 aromatic heterocycles. The number of rotatable bonds is 13. The maximum Gasteiger partial charge on any atom is 0.407 e. The summed E-state index contributed by atoms with van der Waals surface area (Å²) in [5, 5.41) is 8.78. The van der Waals surface area contributed by atoms with Crippen molar-refractivity contribution >= 4 is 69.1 Å². The Labute approximate surface area is 328 Å². The van der Waals surface area contributed by atoms with E-state index in [1.807, 2.05) is 51.1 Å². The number of aromatic nitrogens is 2. The van der Waals surface area contributed by atoms with Gasteiger partial charge in [-0.3, -0.25) is 29.8 Å². The van der Waals surface area contributed by atoms with Gasteiger partial charge in [-0.15, -0.1) is 0 Å². The fourth-order valence-electron chi connectivity index (χ4n) is 7.05. The average Bonchev–Trinajstić information content (AvgIpc) is 3.91. The van der Waals surface area contributed by atoms with Crippen LogP contribution in [-0.4, -0.2) is 90.5 Å². The maximum atomic E-state index is 14.1. The Kier molecular flexibility index (Phi) is 12.2. The van der Waals surface area contributed by atoms with Gasteiger partial charge in [0.25, 0.3) is 5.91 Å². The molecule has 0 spiro atoms. The minimum Gasteiger partial charge on any atom is -0.456 e. The summed E-state index contributed by atoms with van der Waals surface area (Å²) >= 11 is 0. The van der Waals surface area contributed by atoms with Crippen LogP contribution in [0.25, 0.3) is 49.7 Å². The predicted molar refractivity (Wildman–Crippen MR) is 216 cm³/mol. The molecule has 16 heteroatoms. The number of imidazole rings is 1. The highest BCUT2D eigenvalue weighted by Crippen LogP contribution is 2.33. The highest BCUT2D eigenvalue weighted by Gasteiger charge is 2.32. The van der Waals surface area contributed by atoms with Crippen LogP contribution in [0.1, 0.15) is 57.5 Å². The first-order valence-corrected chi connectivity index (χ1v) is 18.7. The van der Waals surface area contributed by atoms with E-state index in [4.69, 9.17) is 9.15 Å². The Bertz CT molecular complexity index is 2440. The van der Waals surface area contributed by atoms with Crippen LogP contribution in [0, 0.1) is 5.92 Å². The number of ether oxygens (including phenoxy) is 2. The number of aromatic amines is 1. The van der Waals surface area contributed by atoms with Gasteiger partial charge < -0.3 is 34.4 Å². The molecule has 5 aromatic rings. The third kappa shape index (κ3) is 8.44. The Morgan fingerprint density at radius 3 is 2.56 bits per heavy atom. The smallest absolute Gasteiger partial charge is 0.407 e. The number of amides is 4.